The topological polar surface area (TPSA) is 77.5 Å². The van der Waals surface area contributed by atoms with Crippen molar-refractivity contribution in [1.82, 2.24) is 4.57 Å². The Labute approximate surface area is 139 Å². The number of hydrogen-bond acceptors (Lipinski definition) is 5. The Bertz CT molecular complexity index is 939. The highest BCUT2D eigenvalue weighted by molar-refractivity contribution is 7.16. The van der Waals surface area contributed by atoms with Gasteiger partial charge in [-0.2, -0.15) is 4.99 Å². The Hall–Kier alpha value is -2.32. The fraction of sp³-hybridized carbons (Fsp3) is 0.200. The largest absolute Gasteiger partial charge is 0.317 e. The molecule has 0 radical (unpaired) electrons. The molecule has 6 nitrogen and oxygen atoms in total. The summed E-state index contributed by atoms with van der Waals surface area (Å²) in [7, 11) is 0. The fourth-order valence-electron chi connectivity index (χ4n) is 2.27. The van der Waals surface area contributed by atoms with Crippen LogP contribution < -0.4 is 4.80 Å². The van der Waals surface area contributed by atoms with E-state index in [2.05, 4.69) is 4.99 Å². The first-order valence-corrected chi connectivity index (χ1v) is 8.66. The van der Waals surface area contributed by atoms with Gasteiger partial charge >= 0.3 is 0 Å². The molecular formula is C15H13N3O3S2. The van der Waals surface area contributed by atoms with E-state index >= 15 is 0 Å². The Morgan fingerprint density at radius 3 is 2.87 bits per heavy atom. The third-order valence-corrected chi connectivity index (χ3v) is 5.24. The van der Waals surface area contributed by atoms with Gasteiger partial charge in [-0.1, -0.05) is 17.4 Å². The van der Waals surface area contributed by atoms with Crippen molar-refractivity contribution in [3.05, 3.63) is 55.5 Å². The second-order valence-electron chi connectivity index (χ2n) is 4.80. The summed E-state index contributed by atoms with van der Waals surface area (Å²) in [5, 5.41) is 12.8. The second-order valence-corrected chi connectivity index (χ2v) is 6.84. The van der Waals surface area contributed by atoms with Crippen LogP contribution in [0.15, 0.2) is 40.7 Å². The molecule has 3 rings (SSSR count). The van der Waals surface area contributed by atoms with E-state index < -0.39 is 4.92 Å². The standard InChI is InChI=1S/C15H13N3O3S2/c1-2-17-12-6-5-10(18(20)21)8-13(12)23-15(17)16-14(19)9-11-4-3-7-22-11/h3-8H,2,9H2,1H3. The Kier molecular flexibility index (Phi) is 4.35. The van der Waals surface area contributed by atoms with Gasteiger partial charge in [0.1, 0.15) is 0 Å². The molecule has 3 aromatic rings. The minimum Gasteiger partial charge on any atom is -0.317 e. The van der Waals surface area contributed by atoms with Crippen LogP contribution in [0.1, 0.15) is 11.8 Å². The molecular weight excluding hydrogens is 334 g/mol. The fourth-order valence-corrected chi connectivity index (χ4v) is 4.11. The van der Waals surface area contributed by atoms with E-state index in [1.54, 1.807) is 6.07 Å². The van der Waals surface area contributed by atoms with E-state index in [-0.39, 0.29) is 18.0 Å². The molecule has 2 heterocycles. The molecule has 23 heavy (non-hydrogen) atoms. The lowest BCUT2D eigenvalue weighted by Gasteiger charge is -1.99. The van der Waals surface area contributed by atoms with Gasteiger partial charge in [-0.15, -0.1) is 11.3 Å². The van der Waals surface area contributed by atoms with Crippen LogP contribution in [-0.4, -0.2) is 15.4 Å². The van der Waals surface area contributed by atoms with Crippen LogP contribution in [0, 0.1) is 10.1 Å². The molecule has 1 aromatic carbocycles. The SMILES string of the molecule is CCn1c(=NC(=O)Cc2cccs2)sc2cc([N+](=O)[O-])ccc21. The molecule has 118 valence electrons. The summed E-state index contributed by atoms with van der Waals surface area (Å²) in [4.78, 5) is 28.3. The van der Waals surface area contributed by atoms with E-state index in [0.29, 0.717) is 11.3 Å². The zero-order valence-electron chi connectivity index (χ0n) is 12.3. The number of carbonyl (C=O) groups is 1. The van der Waals surface area contributed by atoms with Crippen molar-refractivity contribution in [3.8, 4) is 0 Å². The molecule has 0 bridgehead atoms. The van der Waals surface area contributed by atoms with Gasteiger partial charge in [0.15, 0.2) is 4.80 Å². The van der Waals surface area contributed by atoms with Crippen molar-refractivity contribution in [2.75, 3.05) is 0 Å². The zero-order chi connectivity index (χ0) is 16.4. The number of aromatic nitrogens is 1. The highest BCUT2D eigenvalue weighted by Crippen LogP contribution is 2.23. The molecule has 0 N–H and O–H groups in total. The van der Waals surface area contributed by atoms with Crippen molar-refractivity contribution in [2.24, 2.45) is 4.99 Å². The van der Waals surface area contributed by atoms with Crippen molar-refractivity contribution in [1.29, 1.82) is 0 Å². The molecule has 2 aromatic heterocycles. The maximum Gasteiger partial charge on any atom is 0.270 e. The highest BCUT2D eigenvalue weighted by atomic mass is 32.1. The van der Waals surface area contributed by atoms with Crippen molar-refractivity contribution in [3.63, 3.8) is 0 Å². The number of amides is 1. The Balaban J connectivity index is 2.03. The quantitative estimate of drug-likeness (QED) is 0.536. The molecule has 0 saturated carbocycles. The average molecular weight is 347 g/mol. The molecule has 0 aliphatic carbocycles. The van der Waals surface area contributed by atoms with E-state index in [1.807, 2.05) is 29.0 Å². The van der Waals surface area contributed by atoms with E-state index in [9.17, 15) is 14.9 Å². The summed E-state index contributed by atoms with van der Waals surface area (Å²) in [6, 6.07) is 8.50. The van der Waals surface area contributed by atoms with E-state index in [1.165, 1.54) is 34.8 Å². The predicted molar refractivity (Wildman–Crippen MR) is 90.7 cm³/mol. The van der Waals surface area contributed by atoms with Crippen LogP contribution in [0.5, 0.6) is 0 Å². The zero-order valence-corrected chi connectivity index (χ0v) is 13.9. The predicted octanol–water partition coefficient (Wildman–Crippen LogP) is 3.36. The molecule has 0 aliphatic heterocycles. The van der Waals surface area contributed by atoms with Crippen LogP contribution in [0.4, 0.5) is 5.69 Å². The van der Waals surface area contributed by atoms with Crippen LogP contribution in [-0.2, 0) is 17.8 Å². The van der Waals surface area contributed by atoms with E-state index in [4.69, 9.17) is 0 Å². The number of thiophene rings is 1. The monoisotopic (exact) mass is 347 g/mol. The summed E-state index contributed by atoms with van der Waals surface area (Å²) in [6.07, 6.45) is 0.274. The molecule has 0 fully saturated rings. The lowest BCUT2D eigenvalue weighted by molar-refractivity contribution is -0.384. The lowest BCUT2D eigenvalue weighted by Crippen LogP contribution is -2.16. The third-order valence-electron chi connectivity index (χ3n) is 3.32. The number of nitro benzene ring substituents is 1. The number of thiazole rings is 1. The number of carbonyl (C=O) groups excluding carboxylic acids is 1. The maximum atomic E-state index is 12.1. The number of nitrogens with zero attached hydrogens (tertiary/aromatic N) is 3. The van der Waals surface area contributed by atoms with Crippen molar-refractivity contribution < 1.29 is 9.72 Å². The first-order valence-electron chi connectivity index (χ1n) is 6.96. The van der Waals surface area contributed by atoms with Crippen molar-refractivity contribution >= 4 is 44.5 Å². The van der Waals surface area contributed by atoms with Crippen LogP contribution in [0.3, 0.4) is 0 Å². The van der Waals surface area contributed by atoms with Gasteiger partial charge in [-0.25, -0.2) is 0 Å². The Morgan fingerprint density at radius 1 is 1.39 bits per heavy atom. The van der Waals surface area contributed by atoms with Gasteiger partial charge in [0.25, 0.3) is 11.6 Å². The summed E-state index contributed by atoms with van der Waals surface area (Å²) >= 11 is 2.82. The molecule has 0 unspecified atom stereocenters. The average Bonchev–Trinajstić information content (AvgIpc) is 3.13. The molecule has 0 aliphatic rings. The molecule has 1 amide bonds. The number of nitro groups is 1. The van der Waals surface area contributed by atoms with Gasteiger partial charge in [-0.05, 0) is 24.4 Å². The van der Waals surface area contributed by atoms with Crippen LogP contribution in [0.25, 0.3) is 10.2 Å². The number of rotatable bonds is 4. The number of fused-ring (bicyclic) bond motifs is 1. The molecule has 8 heteroatoms. The molecule has 0 spiro atoms. The summed E-state index contributed by atoms with van der Waals surface area (Å²) in [6.45, 7) is 2.60. The van der Waals surface area contributed by atoms with Gasteiger partial charge in [0, 0.05) is 23.6 Å². The van der Waals surface area contributed by atoms with Crippen molar-refractivity contribution in [2.45, 2.75) is 19.9 Å². The van der Waals surface area contributed by atoms with Gasteiger partial charge in [-0.3, -0.25) is 14.9 Å². The summed E-state index contributed by atoms with van der Waals surface area (Å²) in [5.41, 5.74) is 0.893. The molecule has 0 saturated heterocycles. The van der Waals surface area contributed by atoms with E-state index in [0.717, 1.165) is 15.1 Å². The van der Waals surface area contributed by atoms with Gasteiger partial charge in [0.2, 0.25) is 0 Å². The first-order chi connectivity index (χ1) is 11.1. The summed E-state index contributed by atoms with van der Waals surface area (Å²) < 4.78 is 2.65. The normalized spacial score (nSPS) is 12.0. The van der Waals surface area contributed by atoms with Crippen LogP contribution >= 0.6 is 22.7 Å². The number of aryl methyl sites for hydroxylation is 1. The number of non-ortho nitro benzene ring substituents is 1. The second kappa shape index (κ2) is 6.43. The highest BCUT2D eigenvalue weighted by Gasteiger charge is 2.12. The molecule has 0 atom stereocenters. The lowest BCUT2D eigenvalue weighted by atomic mass is 10.3. The Morgan fingerprint density at radius 2 is 2.22 bits per heavy atom. The number of benzene rings is 1. The van der Waals surface area contributed by atoms with Crippen LogP contribution in [0.2, 0.25) is 0 Å². The minimum absolute atomic E-state index is 0.0402. The summed E-state index contributed by atoms with van der Waals surface area (Å²) in [5.74, 6) is -0.212. The number of hydrogen-bond donors (Lipinski definition) is 0. The minimum atomic E-state index is -0.422. The smallest absolute Gasteiger partial charge is 0.270 e. The first kappa shape index (κ1) is 15.6. The maximum absolute atomic E-state index is 12.1. The van der Waals surface area contributed by atoms with Gasteiger partial charge in [0.05, 0.1) is 21.6 Å². The third kappa shape index (κ3) is 3.22. The van der Waals surface area contributed by atoms with Gasteiger partial charge < -0.3 is 4.57 Å².